The lowest BCUT2D eigenvalue weighted by Crippen LogP contribution is -2.42. The molecule has 8 nitrogen and oxygen atoms in total. The first-order valence-corrected chi connectivity index (χ1v) is 9.49. The summed E-state index contributed by atoms with van der Waals surface area (Å²) in [7, 11) is 0. The minimum atomic E-state index is -0.490. The SMILES string of the molecule is Cc1ccc(C(=O)NCC2CCN(C(=O)Oc3ccccc3)CC2)cc1[N+](=O)[O-]. The number of rotatable bonds is 5. The normalized spacial score (nSPS) is 14.3. The van der Waals surface area contributed by atoms with Crippen molar-refractivity contribution < 1.29 is 19.2 Å². The van der Waals surface area contributed by atoms with Crippen LogP contribution in [0.2, 0.25) is 0 Å². The van der Waals surface area contributed by atoms with Gasteiger partial charge in [-0.25, -0.2) is 4.79 Å². The van der Waals surface area contributed by atoms with Crippen molar-refractivity contribution >= 4 is 17.7 Å². The Labute approximate surface area is 168 Å². The maximum atomic E-state index is 12.3. The highest BCUT2D eigenvalue weighted by molar-refractivity contribution is 5.95. The fourth-order valence-electron chi connectivity index (χ4n) is 3.26. The summed E-state index contributed by atoms with van der Waals surface area (Å²) in [6.07, 6.45) is 1.13. The van der Waals surface area contributed by atoms with Crippen LogP contribution in [0.1, 0.15) is 28.8 Å². The fourth-order valence-corrected chi connectivity index (χ4v) is 3.26. The molecule has 0 bridgehead atoms. The number of amides is 2. The molecule has 2 aromatic rings. The molecule has 1 fully saturated rings. The van der Waals surface area contributed by atoms with Crippen LogP contribution < -0.4 is 10.1 Å². The minimum Gasteiger partial charge on any atom is -0.410 e. The maximum absolute atomic E-state index is 12.3. The van der Waals surface area contributed by atoms with Crippen molar-refractivity contribution in [2.75, 3.05) is 19.6 Å². The van der Waals surface area contributed by atoms with Crippen molar-refractivity contribution in [3.05, 3.63) is 69.8 Å². The van der Waals surface area contributed by atoms with Crippen LogP contribution in [0.4, 0.5) is 10.5 Å². The van der Waals surface area contributed by atoms with Gasteiger partial charge >= 0.3 is 6.09 Å². The van der Waals surface area contributed by atoms with Crippen LogP contribution in [0.3, 0.4) is 0 Å². The first-order valence-electron chi connectivity index (χ1n) is 9.49. The number of nitrogens with zero attached hydrogens (tertiary/aromatic N) is 2. The Hall–Kier alpha value is -3.42. The van der Waals surface area contributed by atoms with Crippen molar-refractivity contribution in [2.45, 2.75) is 19.8 Å². The lowest BCUT2D eigenvalue weighted by Gasteiger charge is -2.31. The Morgan fingerprint density at radius 1 is 1.17 bits per heavy atom. The second-order valence-electron chi connectivity index (χ2n) is 7.08. The van der Waals surface area contributed by atoms with Gasteiger partial charge in [0.15, 0.2) is 0 Å². The molecule has 8 heteroatoms. The molecule has 0 aromatic heterocycles. The van der Waals surface area contributed by atoms with Gasteiger partial charge in [0, 0.05) is 36.8 Å². The second kappa shape index (κ2) is 9.18. The van der Waals surface area contributed by atoms with Gasteiger partial charge in [-0.1, -0.05) is 24.3 Å². The zero-order valence-electron chi connectivity index (χ0n) is 16.2. The third-order valence-electron chi connectivity index (χ3n) is 5.04. The summed E-state index contributed by atoms with van der Waals surface area (Å²) in [6.45, 7) is 3.21. The molecule has 2 aromatic carbocycles. The highest BCUT2D eigenvalue weighted by Gasteiger charge is 2.25. The van der Waals surface area contributed by atoms with Crippen molar-refractivity contribution in [2.24, 2.45) is 5.92 Å². The number of aryl methyl sites for hydroxylation is 1. The molecule has 0 atom stereocenters. The molecule has 3 rings (SSSR count). The van der Waals surface area contributed by atoms with E-state index in [0.29, 0.717) is 30.9 Å². The number of benzene rings is 2. The number of nitro groups is 1. The molecule has 1 heterocycles. The number of nitrogens with one attached hydrogen (secondary N) is 1. The average molecular weight is 397 g/mol. The summed E-state index contributed by atoms with van der Waals surface area (Å²) in [6, 6.07) is 13.4. The van der Waals surface area contributed by atoms with E-state index in [1.165, 1.54) is 6.07 Å². The van der Waals surface area contributed by atoms with Gasteiger partial charge in [0.2, 0.25) is 0 Å². The Balaban J connectivity index is 1.46. The standard InChI is InChI=1S/C21H23N3O5/c1-15-7-8-17(13-19(15)24(27)28)20(25)22-14-16-9-11-23(12-10-16)21(26)29-18-5-3-2-4-6-18/h2-8,13,16H,9-12,14H2,1H3,(H,22,25). The molecule has 0 aliphatic carbocycles. The Kier molecular flexibility index (Phi) is 6.43. The van der Waals surface area contributed by atoms with Gasteiger partial charge in [-0.3, -0.25) is 14.9 Å². The second-order valence-corrected chi connectivity index (χ2v) is 7.08. The van der Waals surface area contributed by atoms with Gasteiger partial charge < -0.3 is 15.0 Å². The van der Waals surface area contributed by atoms with Crippen LogP contribution >= 0.6 is 0 Å². The topological polar surface area (TPSA) is 102 Å². The van der Waals surface area contributed by atoms with Crippen LogP contribution in [0.25, 0.3) is 0 Å². The summed E-state index contributed by atoms with van der Waals surface area (Å²) < 4.78 is 5.35. The van der Waals surface area contributed by atoms with Crippen molar-refractivity contribution in [3.8, 4) is 5.75 Å². The molecule has 0 radical (unpaired) electrons. The largest absolute Gasteiger partial charge is 0.415 e. The van der Waals surface area contributed by atoms with Gasteiger partial charge in [0.05, 0.1) is 4.92 Å². The van der Waals surface area contributed by atoms with E-state index in [1.54, 1.807) is 48.2 Å². The number of para-hydroxylation sites is 1. The quantitative estimate of drug-likeness (QED) is 0.614. The van der Waals surface area contributed by atoms with E-state index in [1.807, 2.05) is 6.07 Å². The first kappa shape index (κ1) is 20.3. The molecule has 0 saturated carbocycles. The molecule has 0 unspecified atom stereocenters. The van der Waals surface area contributed by atoms with Gasteiger partial charge in [-0.05, 0) is 43.9 Å². The lowest BCUT2D eigenvalue weighted by molar-refractivity contribution is -0.385. The zero-order chi connectivity index (χ0) is 20.8. The highest BCUT2D eigenvalue weighted by atomic mass is 16.6. The number of carbonyl (C=O) groups excluding carboxylic acids is 2. The Morgan fingerprint density at radius 3 is 2.52 bits per heavy atom. The first-order chi connectivity index (χ1) is 13.9. The Morgan fingerprint density at radius 2 is 1.86 bits per heavy atom. The third kappa shape index (κ3) is 5.31. The predicted octanol–water partition coefficient (Wildman–Crippen LogP) is 3.54. The summed E-state index contributed by atoms with van der Waals surface area (Å²) in [5.74, 6) is 0.415. The van der Waals surface area contributed by atoms with Crippen LogP contribution in [0.5, 0.6) is 5.75 Å². The number of piperidine rings is 1. The monoisotopic (exact) mass is 397 g/mol. The number of ether oxygens (including phenoxy) is 1. The number of nitro benzene ring substituents is 1. The summed E-state index contributed by atoms with van der Waals surface area (Å²) >= 11 is 0. The van der Waals surface area contributed by atoms with E-state index in [-0.39, 0.29) is 29.2 Å². The van der Waals surface area contributed by atoms with Gasteiger partial charge in [0.25, 0.3) is 11.6 Å². The average Bonchev–Trinajstić information content (AvgIpc) is 2.73. The summed E-state index contributed by atoms with van der Waals surface area (Å²) in [4.78, 5) is 36.8. The highest BCUT2D eigenvalue weighted by Crippen LogP contribution is 2.21. The number of hydrogen-bond acceptors (Lipinski definition) is 5. The van der Waals surface area contributed by atoms with E-state index >= 15 is 0 Å². The molecule has 0 spiro atoms. The van der Waals surface area contributed by atoms with Crippen LogP contribution in [0, 0.1) is 23.0 Å². The number of hydrogen-bond donors (Lipinski definition) is 1. The lowest BCUT2D eigenvalue weighted by atomic mass is 9.97. The van der Waals surface area contributed by atoms with Crippen molar-refractivity contribution in [1.29, 1.82) is 0 Å². The van der Waals surface area contributed by atoms with E-state index in [0.717, 1.165) is 12.8 Å². The summed E-state index contributed by atoms with van der Waals surface area (Å²) in [5.41, 5.74) is 0.718. The molecular formula is C21H23N3O5. The molecular weight excluding hydrogens is 374 g/mol. The predicted molar refractivity (Wildman–Crippen MR) is 107 cm³/mol. The van der Waals surface area contributed by atoms with Gasteiger partial charge in [-0.2, -0.15) is 0 Å². The van der Waals surface area contributed by atoms with Crippen LogP contribution in [-0.4, -0.2) is 41.5 Å². The molecule has 1 N–H and O–H groups in total. The fraction of sp³-hybridized carbons (Fsp3) is 0.333. The molecule has 29 heavy (non-hydrogen) atoms. The molecule has 2 amide bonds. The molecule has 1 aliphatic heterocycles. The van der Waals surface area contributed by atoms with E-state index < -0.39 is 4.92 Å². The minimum absolute atomic E-state index is 0.0668. The van der Waals surface area contributed by atoms with Crippen LogP contribution in [0.15, 0.2) is 48.5 Å². The number of carbonyl (C=O) groups is 2. The number of likely N-dealkylation sites (tertiary alicyclic amines) is 1. The van der Waals surface area contributed by atoms with E-state index in [4.69, 9.17) is 4.74 Å². The molecule has 1 aliphatic rings. The van der Waals surface area contributed by atoms with Gasteiger partial charge in [0.1, 0.15) is 5.75 Å². The van der Waals surface area contributed by atoms with E-state index in [9.17, 15) is 19.7 Å². The third-order valence-corrected chi connectivity index (χ3v) is 5.04. The zero-order valence-corrected chi connectivity index (χ0v) is 16.2. The van der Waals surface area contributed by atoms with Crippen molar-refractivity contribution in [1.82, 2.24) is 10.2 Å². The summed E-state index contributed by atoms with van der Waals surface area (Å²) in [5, 5.41) is 13.9. The molecule has 152 valence electrons. The maximum Gasteiger partial charge on any atom is 0.415 e. The van der Waals surface area contributed by atoms with Gasteiger partial charge in [-0.15, -0.1) is 0 Å². The van der Waals surface area contributed by atoms with E-state index in [2.05, 4.69) is 5.32 Å². The smallest absolute Gasteiger partial charge is 0.410 e. The van der Waals surface area contributed by atoms with Crippen LogP contribution in [-0.2, 0) is 0 Å². The Bertz CT molecular complexity index is 892. The molecule has 1 saturated heterocycles. The van der Waals surface area contributed by atoms with Crippen molar-refractivity contribution in [3.63, 3.8) is 0 Å².